The second-order valence-electron chi connectivity index (χ2n) is 4.58. The molecular formula is C12H24ClN3O3S. The quantitative estimate of drug-likeness (QED) is 0.732. The monoisotopic (exact) mass is 325 g/mol. The molecule has 2 N–H and O–H groups in total. The van der Waals surface area contributed by atoms with Gasteiger partial charge < -0.3 is 20.3 Å². The molecule has 0 radical (unpaired) electrons. The summed E-state index contributed by atoms with van der Waals surface area (Å²) in [7, 11) is 1.74. The Bertz CT molecular complexity index is 300. The minimum atomic E-state index is 0. The molecule has 0 bridgehead atoms. The molecule has 0 saturated carbocycles. The highest BCUT2D eigenvalue weighted by atomic mass is 35.5. The molecule has 0 aliphatic carbocycles. The first-order valence-corrected chi connectivity index (χ1v) is 7.60. The summed E-state index contributed by atoms with van der Waals surface area (Å²) in [4.78, 5) is 27.1. The van der Waals surface area contributed by atoms with Crippen molar-refractivity contribution in [2.24, 2.45) is 5.73 Å². The highest BCUT2D eigenvalue weighted by Crippen LogP contribution is 2.07. The smallest absolute Gasteiger partial charge is 0.232 e. The van der Waals surface area contributed by atoms with E-state index in [4.69, 9.17) is 10.5 Å². The zero-order valence-electron chi connectivity index (χ0n) is 12.0. The van der Waals surface area contributed by atoms with E-state index in [2.05, 4.69) is 0 Å². The molecule has 1 atom stereocenters. The fourth-order valence-electron chi connectivity index (χ4n) is 1.64. The highest BCUT2D eigenvalue weighted by Gasteiger charge is 2.18. The van der Waals surface area contributed by atoms with Gasteiger partial charge in [0.05, 0.1) is 24.7 Å². The number of thioether (sulfide) groups is 1. The standard InChI is InChI=1S/C12H23N3O3S.ClH/c1-10(7-13)14(2)11(16)8-19-9-12(17)15-3-5-18-6-4-15;/h10H,3-9,13H2,1-2H3;1H. The van der Waals surface area contributed by atoms with Gasteiger partial charge in [0, 0.05) is 32.7 Å². The van der Waals surface area contributed by atoms with Crippen molar-refractivity contribution in [1.82, 2.24) is 9.80 Å². The lowest BCUT2D eigenvalue weighted by Crippen LogP contribution is -2.42. The summed E-state index contributed by atoms with van der Waals surface area (Å²) in [5.41, 5.74) is 5.51. The Kier molecular flexibility index (Phi) is 10.0. The number of morpholine rings is 1. The van der Waals surface area contributed by atoms with Crippen LogP contribution in [0.4, 0.5) is 0 Å². The number of rotatable bonds is 6. The molecule has 1 rings (SSSR count). The van der Waals surface area contributed by atoms with Crippen LogP contribution in [0, 0.1) is 0 Å². The van der Waals surface area contributed by atoms with Gasteiger partial charge in [0.2, 0.25) is 11.8 Å². The molecule has 8 heteroatoms. The fourth-order valence-corrected chi connectivity index (χ4v) is 2.47. The van der Waals surface area contributed by atoms with Gasteiger partial charge in [-0.1, -0.05) is 0 Å². The second kappa shape index (κ2) is 10.3. The molecule has 1 aliphatic rings. The SMILES string of the molecule is CC(CN)N(C)C(=O)CSCC(=O)N1CCOCC1.Cl. The predicted octanol–water partition coefficient (Wildman–Crippen LogP) is -0.194. The normalized spacial score (nSPS) is 16.2. The number of carbonyl (C=O) groups is 2. The molecule has 1 saturated heterocycles. The van der Waals surface area contributed by atoms with Gasteiger partial charge in [-0.25, -0.2) is 0 Å². The summed E-state index contributed by atoms with van der Waals surface area (Å²) in [6.45, 7) is 4.86. The lowest BCUT2D eigenvalue weighted by atomic mass is 10.3. The molecule has 1 unspecified atom stereocenters. The van der Waals surface area contributed by atoms with E-state index in [0.717, 1.165) is 0 Å². The van der Waals surface area contributed by atoms with Crippen LogP contribution in [0.3, 0.4) is 0 Å². The Morgan fingerprint density at radius 3 is 2.50 bits per heavy atom. The Hall–Kier alpha value is -0.500. The van der Waals surface area contributed by atoms with Crippen molar-refractivity contribution in [3.8, 4) is 0 Å². The summed E-state index contributed by atoms with van der Waals surface area (Å²) in [6.07, 6.45) is 0. The van der Waals surface area contributed by atoms with E-state index in [1.807, 2.05) is 6.92 Å². The van der Waals surface area contributed by atoms with Gasteiger partial charge in [-0.05, 0) is 6.92 Å². The minimum absolute atomic E-state index is 0. The summed E-state index contributed by atoms with van der Waals surface area (Å²) >= 11 is 1.36. The number of likely N-dealkylation sites (N-methyl/N-ethyl adjacent to an activating group) is 1. The van der Waals surface area contributed by atoms with E-state index in [1.165, 1.54) is 11.8 Å². The van der Waals surface area contributed by atoms with Gasteiger partial charge in [0.1, 0.15) is 0 Å². The van der Waals surface area contributed by atoms with E-state index in [1.54, 1.807) is 16.8 Å². The topological polar surface area (TPSA) is 75.9 Å². The fraction of sp³-hybridized carbons (Fsp3) is 0.833. The number of ether oxygens (including phenoxy) is 1. The van der Waals surface area contributed by atoms with Gasteiger partial charge in [-0.2, -0.15) is 0 Å². The van der Waals surface area contributed by atoms with E-state index < -0.39 is 0 Å². The number of halogens is 1. The number of nitrogens with zero attached hydrogens (tertiary/aromatic N) is 2. The molecular weight excluding hydrogens is 302 g/mol. The third-order valence-corrected chi connectivity index (χ3v) is 4.11. The van der Waals surface area contributed by atoms with Crippen molar-refractivity contribution >= 4 is 36.0 Å². The van der Waals surface area contributed by atoms with Crippen LogP contribution < -0.4 is 5.73 Å². The largest absolute Gasteiger partial charge is 0.378 e. The molecule has 0 spiro atoms. The number of amides is 2. The lowest BCUT2D eigenvalue weighted by Gasteiger charge is -2.27. The van der Waals surface area contributed by atoms with E-state index in [0.29, 0.717) is 44.4 Å². The van der Waals surface area contributed by atoms with E-state index in [9.17, 15) is 9.59 Å². The number of carbonyl (C=O) groups excluding carboxylic acids is 2. The molecule has 0 aromatic carbocycles. The zero-order chi connectivity index (χ0) is 14.3. The summed E-state index contributed by atoms with van der Waals surface area (Å²) in [5, 5.41) is 0. The van der Waals surface area contributed by atoms with Crippen LogP contribution in [0.15, 0.2) is 0 Å². The highest BCUT2D eigenvalue weighted by molar-refractivity contribution is 8.00. The van der Waals surface area contributed by atoms with Crippen LogP contribution in [0.1, 0.15) is 6.92 Å². The van der Waals surface area contributed by atoms with Crippen LogP contribution in [0.5, 0.6) is 0 Å². The molecule has 1 aliphatic heterocycles. The van der Waals surface area contributed by atoms with Crippen LogP contribution in [-0.2, 0) is 14.3 Å². The third kappa shape index (κ3) is 6.30. The first-order chi connectivity index (χ1) is 9.06. The van der Waals surface area contributed by atoms with Crippen molar-refractivity contribution in [3.05, 3.63) is 0 Å². The van der Waals surface area contributed by atoms with Gasteiger partial charge in [-0.15, -0.1) is 24.2 Å². The van der Waals surface area contributed by atoms with Gasteiger partial charge in [0.25, 0.3) is 0 Å². The van der Waals surface area contributed by atoms with Crippen molar-refractivity contribution < 1.29 is 14.3 Å². The maximum Gasteiger partial charge on any atom is 0.232 e. The van der Waals surface area contributed by atoms with Gasteiger partial charge in [0.15, 0.2) is 0 Å². The van der Waals surface area contributed by atoms with E-state index in [-0.39, 0.29) is 30.3 Å². The molecule has 118 valence electrons. The van der Waals surface area contributed by atoms with Crippen LogP contribution in [0.2, 0.25) is 0 Å². The van der Waals surface area contributed by atoms with E-state index >= 15 is 0 Å². The average molecular weight is 326 g/mol. The van der Waals surface area contributed by atoms with Gasteiger partial charge in [-0.3, -0.25) is 9.59 Å². The summed E-state index contributed by atoms with van der Waals surface area (Å²) < 4.78 is 5.19. The maximum absolute atomic E-state index is 11.8. The molecule has 0 aromatic heterocycles. The number of nitrogens with two attached hydrogens (primary N) is 1. The Morgan fingerprint density at radius 2 is 1.95 bits per heavy atom. The Morgan fingerprint density at radius 1 is 1.35 bits per heavy atom. The molecule has 20 heavy (non-hydrogen) atoms. The third-order valence-electron chi connectivity index (χ3n) is 3.21. The lowest BCUT2D eigenvalue weighted by molar-refractivity contribution is -0.132. The molecule has 2 amide bonds. The van der Waals surface area contributed by atoms with Crippen LogP contribution >= 0.6 is 24.2 Å². The first-order valence-electron chi connectivity index (χ1n) is 6.45. The maximum atomic E-state index is 11.8. The molecule has 0 aromatic rings. The Balaban J connectivity index is 0.00000361. The van der Waals surface area contributed by atoms with Crippen LogP contribution in [0.25, 0.3) is 0 Å². The Labute approximate surface area is 130 Å². The first kappa shape index (κ1) is 19.5. The molecule has 1 fully saturated rings. The number of hydrogen-bond donors (Lipinski definition) is 1. The van der Waals surface area contributed by atoms with Crippen molar-refractivity contribution in [3.63, 3.8) is 0 Å². The van der Waals surface area contributed by atoms with Crippen molar-refractivity contribution in [2.45, 2.75) is 13.0 Å². The molecule has 1 heterocycles. The summed E-state index contributed by atoms with van der Waals surface area (Å²) in [5.74, 6) is 0.751. The van der Waals surface area contributed by atoms with Crippen LogP contribution in [-0.4, -0.2) is 79.1 Å². The molecule has 6 nitrogen and oxygen atoms in total. The van der Waals surface area contributed by atoms with Crippen molar-refractivity contribution in [2.75, 3.05) is 51.4 Å². The predicted molar refractivity (Wildman–Crippen MR) is 83.3 cm³/mol. The number of hydrogen-bond acceptors (Lipinski definition) is 5. The zero-order valence-corrected chi connectivity index (χ0v) is 13.7. The van der Waals surface area contributed by atoms with Gasteiger partial charge >= 0.3 is 0 Å². The average Bonchev–Trinajstić information content (AvgIpc) is 2.46. The van der Waals surface area contributed by atoms with Crippen molar-refractivity contribution in [1.29, 1.82) is 0 Å². The summed E-state index contributed by atoms with van der Waals surface area (Å²) in [6, 6.07) is 0.0306. The second-order valence-corrected chi connectivity index (χ2v) is 5.56. The minimum Gasteiger partial charge on any atom is -0.378 e.